The van der Waals surface area contributed by atoms with Crippen LogP contribution in [0.15, 0.2) is 12.1 Å². The van der Waals surface area contributed by atoms with Crippen LogP contribution in [-0.2, 0) is 5.75 Å². The summed E-state index contributed by atoms with van der Waals surface area (Å²) in [6, 6.07) is 4.19. The van der Waals surface area contributed by atoms with Crippen LogP contribution >= 0.6 is 11.8 Å². The van der Waals surface area contributed by atoms with E-state index in [0.717, 1.165) is 22.6 Å². The average Bonchev–Trinajstić information content (AvgIpc) is 2.35. The van der Waals surface area contributed by atoms with Crippen molar-refractivity contribution < 1.29 is 4.79 Å². The molecule has 0 saturated carbocycles. The number of hydrogen-bond donors (Lipinski definition) is 0. The van der Waals surface area contributed by atoms with Gasteiger partial charge in [-0.25, -0.2) is 0 Å². The number of carbonyl (C=O) groups excluding carboxylic acids is 1. The van der Waals surface area contributed by atoms with Gasteiger partial charge in [-0.05, 0) is 30.5 Å². The van der Waals surface area contributed by atoms with Crippen LogP contribution in [0.5, 0.6) is 0 Å². The molecule has 1 heterocycles. The van der Waals surface area contributed by atoms with Crippen molar-refractivity contribution >= 4 is 17.5 Å². The van der Waals surface area contributed by atoms with E-state index in [9.17, 15) is 4.79 Å². The first-order valence-electron chi connectivity index (χ1n) is 5.32. The molecule has 1 aromatic carbocycles. The van der Waals surface area contributed by atoms with Crippen LogP contribution < -0.4 is 0 Å². The fourth-order valence-electron chi connectivity index (χ4n) is 2.06. The number of ketones is 1. The first kappa shape index (κ1) is 10.7. The second-order valence-electron chi connectivity index (χ2n) is 4.33. The van der Waals surface area contributed by atoms with Gasteiger partial charge in [0.15, 0.2) is 5.78 Å². The first-order chi connectivity index (χ1) is 7.11. The Morgan fingerprint density at radius 3 is 2.67 bits per heavy atom. The van der Waals surface area contributed by atoms with Crippen LogP contribution in [0.25, 0.3) is 0 Å². The molecule has 0 fully saturated rings. The molecule has 2 heteroatoms. The maximum absolute atomic E-state index is 12.2. The predicted octanol–water partition coefficient (Wildman–Crippen LogP) is 3.37. The number of aryl methyl sites for hydroxylation is 2. The lowest BCUT2D eigenvalue weighted by Gasteiger charge is -2.12. The molecule has 1 aromatic rings. The van der Waals surface area contributed by atoms with Crippen LogP contribution in [0.1, 0.15) is 34.0 Å². The third-order valence-corrected chi connectivity index (χ3v) is 4.29. The molecule has 80 valence electrons. The lowest BCUT2D eigenvalue weighted by molar-refractivity contribution is 0.0941. The first-order valence-corrected chi connectivity index (χ1v) is 6.47. The van der Waals surface area contributed by atoms with Crippen molar-refractivity contribution in [3.8, 4) is 0 Å². The van der Waals surface area contributed by atoms with Gasteiger partial charge in [-0.2, -0.15) is 11.8 Å². The highest BCUT2D eigenvalue weighted by atomic mass is 32.2. The van der Waals surface area contributed by atoms with Crippen LogP contribution in [0.2, 0.25) is 0 Å². The molecule has 1 atom stereocenters. The second kappa shape index (κ2) is 4.01. The molecule has 1 aliphatic heterocycles. The Bertz CT molecular complexity index is 409. The molecule has 0 aliphatic carbocycles. The second-order valence-corrected chi connectivity index (χ2v) is 5.36. The summed E-state index contributed by atoms with van der Waals surface area (Å²) in [7, 11) is 0. The standard InChI is InChI=1S/C13H16OS/c1-8-4-5-9(2)12-11(8)7-15-6-10(3)13(12)14/h4-5,10H,6-7H2,1-3H3. The van der Waals surface area contributed by atoms with Crippen molar-refractivity contribution in [2.75, 3.05) is 5.75 Å². The Hall–Kier alpha value is -0.760. The van der Waals surface area contributed by atoms with Gasteiger partial charge in [0.25, 0.3) is 0 Å². The lowest BCUT2D eigenvalue weighted by atomic mass is 9.91. The highest BCUT2D eigenvalue weighted by molar-refractivity contribution is 7.98. The third-order valence-electron chi connectivity index (χ3n) is 3.06. The van der Waals surface area contributed by atoms with E-state index in [1.54, 1.807) is 0 Å². The highest BCUT2D eigenvalue weighted by Crippen LogP contribution is 2.30. The average molecular weight is 220 g/mol. The van der Waals surface area contributed by atoms with Crippen LogP contribution in [0.4, 0.5) is 0 Å². The van der Waals surface area contributed by atoms with E-state index in [1.165, 1.54) is 11.1 Å². The smallest absolute Gasteiger partial charge is 0.167 e. The Morgan fingerprint density at radius 1 is 1.27 bits per heavy atom. The number of rotatable bonds is 0. The van der Waals surface area contributed by atoms with Crippen molar-refractivity contribution in [2.24, 2.45) is 5.92 Å². The van der Waals surface area contributed by atoms with Crippen LogP contribution in [-0.4, -0.2) is 11.5 Å². The van der Waals surface area contributed by atoms with Gasteiger partial charge in [-0.3, -0.25) is 4.79 Å². The van der Waals surface area contributed by atoms with E-state index in [4.69, 9.17) is 0 Å². The topological polar surface area (TPSA) is 17.1 Å². The molecule has 0 bridgehead atoms. The molecule has 0 radical (unpaired) electrons. The number of hydrogen-bond acceptors (Lipinski definition) is 2. The van der Waals surface area contributed by atoms with E-state index in [2.05, 4.69) is 19.1 Å². The zero-order valence-electron chi connectivity index (χ0n) is 9.46. The van der Waals surface area contributed by atoms with E-state index < -0.39 is 0 Å². The van der Waals surface area contributed by atoms with Crippen LogP contribution in [0, 0.1) is 19.8 Å². The zero-order chi connectivity index (χ0) is 11.0. The van der Waals surface area contributed by atoms with Gasteiger partial charge in [0.1, 0.15) is 0 Å². The Balaban J connectivity index is 2.62. The molecule has 1 aliphatic rings. The maximum atomic E-state index is 12.2. The summed E-state index contributed by atoms with van der Waals surface area (Å²) in [4.78, 5) is 12.2. The summed E-state index contributed by atoms with van der Waals surface area (Å²) in [6.45, 7) is 6.17. The SMILES string of the molecule is Cc1ccc(C)c2c1CSCC(C)C2=O. The molecule has 1 nitrogen and oxygen atoms in total. The number of Topliss-reactive ketones (excluding diaryl/α,β-unsaturated/α-hetero) is 1. The van der Waals surface area contributed by atoms with Crippen molar-refractivity contribution in [1.82, 2.24) is 0 Å². The van der Waals surface area contributed by atoms with Gasteiger partial charge in [0.05, 0.1) is 0 Å². The summed E-state index contributed by atoms with van der Waals surface area (Å²) in [5, 5.41) is 0. The molecular formula is C13H16OS. The molecule has 0 amide bonds. The molecule has 0 N–H and O–H groups in total. The van der Waals surface area contributed by atoms with Gasteiger partial charge in [0.2, 0.25) is 0 Å². The minimum absolute atomic E-state index is 0.164. The van der Waals surface area contributed by atoms with E-state index in [1.807, 2.05) is 25.6 Å². The predicted molar refractivity (Wildman–Crippen MR) is 65.6 cm³/mol. The fourth-order valence-corrected chi connectivity index (χ4v) is 3.26. The summed E-state index contributed by atoms with van der Waals surface area (Å²) in [6.07, 6.45) is 0. The highest BCUT2D eigenvalue weighted by Gasteiger charge is 2.24. The minimum Gasteiger partial charge on any atom is -0.294 e. The quantitative estimate of drug-likeness (QED) is 0.667. The van der Waals surface area contributed by atoms with E-state index in [0.29, 0.717) is 5.78 Å². The monoisotopic (exact) mass is 220 g/mol. The molecule has 0 aromatic heterocycles. The van der Waals surface area contributed by atoms with E-state index in [-0.39, 0.29) is 5.92 Å². The number of carbonyl (C=O) groups is 1. The summed E-state index contributed by atoms with van der Waals surface area (Å²) >= 11 is 1.87. The van der Waals surface area contributed by atoms with Crippen molar-refractivity contribution in [3.05, 3.63) is 34.4 Å². The summed E-state index contributed by atoms with van der Waals surface area (Å²) < 4.78 is 0. The van der Waals surface area contributed by atoms with Gasteiger partial charge in [0, 0.05) is 23.0 Å². The van der Waals surface area contributed by atoms with Gasteiger partial charge >= 0.3 is 0 Å². The lowest BCUT2D eigenvalue weighted by Crippen LogP contribution is -2.14. The fraction of sp³-hybridized carbons (Fsp3) is 0.462. The molecule has 2 rings (SSSR count). The Morgan fingerprint density at radius 2 is 1.93 bits per heavy atom. The molecule has 0 spiro atoms. The van der Waals surface area contributed by atoms with Crippen molar-refractivity contribution in [1.29, 1.82) is 0 Å². The molecular weight excluding hydrogens is 204 g/mol. The van der Waals surface area contributed by atoms with Crippen molar-refractivity contribution in [3.63, 3.8) is 0 Å². The number of benzene rings is 1. The normalized spacial score (nSPS) is 21.0. The molecule has 1 unspecified atom stereocenters. The Kier molecular flexibility index (Phi) is 2.87. The minimum atomic E-state index is 0.164. The van der Waals surface area contributed by atoms with Gasteiger partial charge in [-0.15, -0.1) is 0 Å². The van der Waals surface area contributed by atoms with Crippen LogP contribution in [0.3, 0.4) is 0 Å². The van der Waals surface area contributed by atoms with Crippen molar-refractivity contribution in [2.45, 2.75) is 26.5 Å². The number of fused-ring (bicyclic) bond motifs is 1. The van der Waals surface area contributed by atoms with Gasteiger partial charge in [-0.1, -0.05) is 19.1 Å². The van der Waals surface area contributed by atoms with Gasteiger partial charge < -0.3 is 0 Å². The summed E-state index contributed by atoms with van der Waals surface area (Å²) in [5.74, 6) is 2.43. The summed E-state index contributed by atoms with van der Waals surface area (Å²) in [5.41, 5.74) is 4.64. The number of thioether (sulfide) groups is 1. The molecule has 15 heavy (non-hydrogen) atoms. The Labute approximate surface area is 95.3 Å². The van der Waals surface area contributed by atoms with E-state index >= 15 is 0 Å². The largest absolute Gasteiger partial charge is 0.294 e. The third kappa shape index (κ3) is 1.83. The molecule has 0 saturated heterocycles. The zero-order valence-corrected chi connectivity index (χ0v) is 10.3. The maximum Gasteiger partial charge on any atom is 0.167 e.